The van der Waals surface area contributed by atoms with Crippen molar-refractivity contribution in [1.82, 2.24) is 15.1 Å². The van der Waals surface area contributed by atoms with E-state index >= 15 is 0 Å². The Morgan fingerprint density at radius 1 is 1.42 bits per heavy atom. The van der Waals surface area contributed by atoms with Gasteiger partial charge in [-0.25, -0.2) is 0 Å². The summed E-state index contributed by atoms with van der Waals surface area (Å²) in [6.07, 6.45) is 2.20. The van der Waals surface area contributed by atoms with Crippen molar-refractivity contribution in [3.63, 3.8) is 0 Å². The number of aliphatic hydroxyl groups excluding tert-OH is 1. The summed E-state index contributed by atoms with van der Waals surface area (Å²) >= 11 is 0. The van der Waals surface area contributed by atoms with Gasteiger partial charge in [0, 0.05) is 38.6 Å². The van der Waals surface area contributed by atoms with Gasteiger partial charge in [-0.05, 0) is 37.9 Å². The molecular formula is C17H25N3O4. The van der Waals surface area contributed by atoms with Crippen molar-refractivity contribution in [1.29, 1.82) is 0 Å². The first-order valence-corrected chi connectivity index (χ1v) is 8.57. The molecule has 0 bridgehead atoms. The number of amides is 2. The van der Waals surface area contributed by atoms with Crippen LogP contribution >= 0.6 is 0 Å². The minimum absolute atomic E-state index is 0.133. The van der Waals surface area contributed by atoms with Gasteiger partial charge in [-0.3, -0.25) is 9.59 Å². The number of aliphatic hydroxyl groups is 1. The summed E-state index contributed by atoms with van der Waals surface area (Å²) in [5, 5.41) is 12.2. The molecule has 2 amide bonds. The maximum atomic E-state index is 12.6. The van der Waals surface area contributed by atoms with E-state index in [1.807, 2.05) is 16.8 Å². The quantitative estimate of drug-likeness (QED) is 0.816. The summed E-state index contributed by atoms with van der Waals surface area (Å²) in [6.45, 7) is 2.58. The predicted molar refractivity (Wildman–Crippen MR) is 87.3 cm³/mol. The molecule has 1 aromatic rings. The first-order valence-electron chi connectivity index (χ1n) is 8.57. The van der Waals surface area contributed by atoms with Crippen LogP contribution in [-0.2, 0) is 11.4 Å². The van der Waals surface area contributed by atoms with Crippen LogP contribution in [0.3, 0.4) is 0 Å². The molecule has 7 nitrogen and oxygen atoms in total. The Morgan fingerprint density at radius 2 is 2.25 bits per heavy atom. The van der Waals surface area contributed by atoms with E-state index in [0.717, 1.165) is 25.9 Å². The van der Waals surface area contributed by atoms with Crippen LogP contribution in [0.1, 0.15) is 35.6 Å². The monoisotopic (exact) mass is 335 g/mol. The van der Waals surface area contributed by atoms with Crippen LogP contribution < -0.4 is 5.32 Å². The molecule has 2 saturated heterocycles. The third kappa shape index (κ3) is 3.32. The molecule has 0 unspecified atom stereocenters. The number of carbonyl (C=O) groups is 2. The molecule has 0 aromatic carbocycles. The van der Waals surface area contributed by atoms with Gasteiger partial charge in [0.25, 0.3) is 5.91 Å². The normalized spacial score (nSPS) is 24.2. The van der Waals surface area contributed by atoms with Gasteiger partial charge in [-0.15, -0.1) is 0 Å². The molecule has 24 heavy (non-hydrogen) atoms. The van der Waals surface area contributed by atoms with Crippen LogP contribution in [0.15, 0.2) is 16.5 Å². The molecular weight excluding hydrogens is 310 g/mol. The number of nitrogens with zero attached hydrogens (tertiary/aromatic N) is 2. The first kappa shape index (κ1) is 17.0. The number of likely N-dealkylation sites (tertiary alicyclic amines) is 2. The predicted octanol–water partition coefficient (Wildman–Crippen LogP) is 0.444. The maximum absolute atomic E-state index is 12.6. The Morgan fingerprint density at radius 3 is 2.96 bits per heavy atom. The van der Waals surface area contributed by atoms with Crippen LogP contribution in [0.25, 0.3) is 0 Å². The molecule has 2 fully saturated rings. The van der Waals surface area contributed by atoms with E-state index in [-0.39, 0.29) is 30.2 Å². The standard InChI is InChI=1S/C17H25N3O4/c1-18-7-9-20-14-6-8-19(10-12(14)2-5-16(20)22)17(23)15-4-3-13(11-21)24-15/h3-4,12,14,18,21H,2,5-11H2,1H3/t12-,14+/m0/s1. The first-order chi connectivity index (χ1) is 11.6. The van der Waals surface area contributed by atoms with E-state index < -0.39 is 0 Å². The lowest BCUT2D eigenvalue weighted by molar-refractivity contribution is -0.140. The fourth-order valence-corrected chi connectivity index (χ4v) is 3.79. The summed E-state index contributed by atoms with van der Waals surface area (Å²) < 4.78 is 5.36. The Labute approximate surface area is 141 Å². The fraction of sp³-hybridized carbons (Fsp3) is 0.647. The molecule has 0 saturated carbocycles. The molecule has 2 aliphatic rings. The van der Waals surface area contributed by atoms with Gasteiger partial charge < -0.3 is 24.6 Å². The largest absolute Gasteiger partial charge is 0.453 e. The zero-order valence-electron chi connectivity index (χ0n) is 14.0. The summed E-state index contributed by atoms with van der Waals surface area (Å²) in [5.74, 6) is 1.09. The molecule has 3 heterocycles. The number of carbonyl (C=O) groups excluding carboxylic acids is 2. The highest BCUT2D eigenvalue weighted by molar-refractivity contribution is 5.91. The highest BCUT2D eigenvalue weighted by Gasteiger charge is 2.40. The van der Waals surface area contributed by atoms with Crippen molar-refractivity contribution >= 4 is 11.8 Å². The van der Waals surface area contributed by atoms with Crippen LogP contribution in [0.2, 0.25) is 0 Å². The number of rotatable bonds is 5. The van der Waals surface area contributed by atoms with Crippen LogP contribution in [0.4, 0.5) is 0 Å². The van der Waals surface area contributed by atoms with Gasteiger partial charge in [-0.1, -0.05) is 0 Å². The third-order valence-corrected chi connectivity index (χ3v) is 5.06. The second-order valence-electron chi connectivity index (χ2n) is 6.52. The zero-order valence-corrected chi connectivity index (χ0v) is 14.0. The van der Waals surface area contributed by atoms with Crippen LogP contribution in [-0.4, -0.2) is 66.0 Å². The molecule has 0 spiro atoms. The Bertz CT molecular complexity index is 600. The van der Waals surface area contributed by atoms with Crippen LogP contribution in [0, 0.1) is 5.92 Å². The molecule has 2 atom stereocenters. The summed E-state index contributed by atoms with van der Waals surface area (Å²) in [5.41, 5.74) is 0. The van der Waals surface area contributed by atoms with Gasteiger partial charge in [0.05, 0.1) is 0 Å². The van der Waals surface area contributed by atoms with Crippen molar-refractivity contribution in [2.75, 3.05) is 33.2 Å². The van der Waals surface area contributed by atoms with Gasteiger partial charge in [0.1, 0.15) is 12.4 Å². The Balaban J connectivity index is 1.66. The highest BCUT2D eigenvalue weighted by atomic mass is 16.4. The Hall–Kier alpha value is -1.86. The van der Waals surface area contributed by atoms with Crippen molar-refractivity contribution in [3.05, 3.63) is 23.7 Å². The molecule has 2 N–H and O–H groups in total. The maximum Gasteiger partial charge on any atom is 0.289 e. The molecule has 0 aliphatic carbocycles. The lowest BCUT2D eigenvalue weighted by atomic mass is 9.83. The molecule has 0 radical (unpaired) electrons. The number of fused-ring (bicyclic) bond motifs is 1. The van der Waals surface area contributed by atoms with E-state index in [9.17, 15) is 9.59 Å². The summed E-state index contributed by atoms with van der Waals surface area (Å²) in [7, 11) is 1.89. The summed E-state index contributed by atoms with van der Waals surface area (Å²) in [6, 6.07) is 3.47. The molecule has 7 heteroatoms. The van der Waals surface area contributed by atoms with Crippen molar-refractivity contribution in [2.45, 2.75) is 31.9 Å². The number of hydrogen-bond acceptors (Lipinski definition) is 5. The SMILES string of the molecule is CNCCN1C(=O)CC[C@H]2CN(C(=O)c3ccc(CO)o3)CC[C@H]21. The topological polar surface area (TPSA) is 86.0 Å². The number of hydrogen-bond donors (Lipinski definition) is 2. The van der Waals surface area contributed by atoms with Gasteiger partial charge >= 0.3 is 0 Å². The average molecular weight is 335 g/mol. The molecule has 132 valence electrons. The van der Waals surface area contributed by atoms with E-state index in [2.05, 4.69) is 5.32 Å². The smallest absolute Gasteiger partial charge is 0.289 e. The second kappa shape index (κ2) is 7.36. The second-order valence-corrected chi connectivity index (χ2v) is 6.52. The van der Waals surface area contributed by atoms with Gasteiger partial charge in [-0.2, -0.15) is 0 Å². The number of nitrogens with one attached hydrogen (secondary N) is 1. The van der Waals surface area contributed by atoms with Crippen LogP contribution in [0.5, 0.6) is 0 Å². The van der Waals surface area contributed by atoms with Gasteiger partial charge in [0.15, 0.2) is 5.76 Å². The Kier molecular flexibility index (Phi) is 5.20. The number of likely N-dealkylation sites (N-methyl/N-ethyl adjacent to an activating group) is 1. The van der Waals surface area contributed by atoms with E-state index in [1.165, 1.54) is 0 Å². The average Bonchev–Trinajstić information content (AvgIpc) is 3.09. The highest BCUT2D eigenvalue weighted by Crippen LogP contribution is 2.31. The number of piperidine rings is 2. The minimum Gasteiger partial charge on any atom is -0.453 e. The molecule has 3 rings (SSSR count). The molecule has 2 aliphatic heterocycles. The fourth-order valence-electron chi connectivity index (χ4n) is 3.79. The minimum atomic E-state index is -0.208. The number of furan rings is 1. The third-order valence-electron chi connectivity index (χ3n) is 5.06. The van der Waals surface area contributed by atoms with E-state index in [0.29, 0.717) is 31.2 Å². The summed E-state index contributed by atoms with van der Waals surface area (Å²) in [4.78, 5) is 28.6. The van der Waals surface area contributed by atoms with E-state index in [1.54, 1.807) is 12.1 Å². The zero-order chi connectivity index (χ0) is 17.1. The van der Waals surface area contributed by atoms with Crippen molar-refractivity contribution in [3.8, 4) is 0 Å². The van der Waals surface area contributed by atoms with Crippen molar-refractivity contribution in [2.24, 2.45) is 5.92 Å². The lowest BCUT2D eigenvalue weighted by Crippen LogP contribution is -2.57. The van der Waals surface area contributed by atoms with Gasteiger partial charge in [0.2, 0.25) is 5.91 Å². The van der Waals surface area contributed by atoms with E-state index in [4.69, 9.17) is 9.52 Å². The lowest BCUT2D eigenvalue weighted by Gasteiger charge is -2.47. The van der Waals surface area contributed by atoms with Crippen molar-refractivity contribution < 1.29 is 19.1 Å². The molecule has 1 aromatic heterocycles.